The molecule has 2 heterocycles. The molecule has 0 aliphatic carbocycles. The van der Waals surface area contributed by atoms with Gasteiger partial charge in [0.2, 0.25) is 5.91 Å². The molecule has 10 heteroatoms. The Labute approximate surface area is 153 Å². The minimum atomic E-state index is -0.538. The van der Waals surface area contributed by atoms with Crippen LogP contribution in [0.25, 0.3) is 0 Å². The predicted octanol–water partition coefficient (Wildman–Crippen LogP) is 2.37. The molecular weight excluding hydrogens is 392 g/mol. The van der Waals surface area contributed by atoms with Crippen LogP contribution < -0.4 is 0 Å². The highest BCUT2D eigenvalue weighted by Crippen LogP contribution is 2.18. The normalized spacial score (nSPS) is 12.2. The summed E-state index contributed by atoms with van der Waals surface area (Å²) < 4.78 is 4.16. The molecule has 2 aromatic heterocycles. The van der Waals surface area contributed by atoms with Crippen LogP contribution in [0.3, 0.4) is 0 Å². The van der Waals surface area contributed by atoms with Crippen molar-refractivity contribution in [1.29, 1.82) is 0 Å². The van der Waals surface area contributed by atoms with Crippen LogP contribution in [0.4, 0.5) is 5.82 Å². The summed E-state index contributed by atoms with van der Waals surface area (Å²) in [5.41, 5.74) is 1.44. The standard InChI is InChI=1S/C15H21BrN6O3/c1-5-20-8-12(16)13(17-20)9-19(4)15(23)10(2)7-21-11(3)6-14(18-21)22(24)25/h6,8,10H,5,7,9H2,1-4H3. The second kappa shape index (κ2) is 7.77. The minimum absolute atomic E-state index is 0.0736. The molecule has 0 radical (unpaired) electrons. The highest BCUT2D eigenvalue weighted by Gasteiger charge is 2.23. The lowest BCUT2D eigenvalue weighted by Gasteiger charge is -2.20. The van der Waals surface area contributed by atoms with Gasteiger partial charge in [-0.15, -0.1) is 0 Å². The zero-order valence-corrected chi connectivity index (χ0v) is 16.2. The summed E-state index contributed by atoms with van der Waals surface area (Å²) in [5, 5.41) is 19.1. The average Bonchev–Trinajstić information content (AvgIpc) is 3.10. The number of aryl methyl sites for hydroxylation is 2. The molecule has 0 spiro atoms. The maximum Gasteiger partial charge on any atom is 0.390 e. The lowest BCUT2D eigenvalue weighted by molar-refractivity contribution is -0.389. The van der Waals surface area contributed by atoms with E-state index in [4.69, 9.17) is 0 Å². The summed E-state index contributed by atoms with van der Waals surface area (Å²) in [7, 11) is 1.72. The van der Waals surface area contributed by atoms with Crippen molar-refractivity contribution in [2.45, 2.75) is 40.4 Å². The van der Waals surface area contributed by atoms with Crippen LogP contribution in [0.5, 0.6) is 0 Å². The van der Waals surface area contributed by atoms with Crippen molar-refractivity contribution in [3.8, 4) is 0 Å². The first-order chi connectivity index (χ1) is 11.7. The van der Waals surface area contributed by atoms with Crippen molar-refractivity contribution in [3.63, 3.8) is 0 Å². The molecule has 0 fully saturated rings. The number of rotatable bonds is 7. The summed E-state index contributed by atoms with van der Waals surface area (Å²) in [6, 6.07) is 1.40. The quantitative estimate of drug-likeness (QED) is 0.513. The third kappa shape index (κ3) is 4.44. The Hall–Kier alpha value is -2.23. The zero-order valence-electron chi connectivity index (χ0n) is 14.6. The van der Waals surface area contributed by atoms with Crippen LogP contribution in [0.2, 0.25) is 0 Å². The number of aromatic nitrogens is 4. The Balaban J connectivity index is 2.03. The Morgan fingerprint density at radius 3 is 2.68 bits per heavy atom. The third-order valence-corrected chi connectivity index (χ3v) is 4.56. The van der Waals surface area contributed by atoms with Crippen LogP contribution in [0.1, 0.15) is 25.2 Å². The van der Waals surface area contributed by atoms with E-state index in [1.165, 1.54) is 10.7 Å². The number of nitrogens with zero attached hydrogens (tertiary/aromatic N) is 6. The van der Waals surface area contributed by atoms with Gasteiger partial charge in [-0.3, -0.25) is 9.48 Å². The summed E-state index contributed by atoms with van der Waals surface area (Å²) in [6.07, 6.45) is 1.88. The number of carbonyl (C=O) groups is 1. The monoisotopic (exact) mass is 412 g/mol. The van der Waals surface area contributed by atoms with Gasteiger partial charge in [0.15, 0.2) is 0 Å². The predicted molar refractivity (Wildman–Crippen MR) is 94.9 cm³/mol. The molecule has 1 atom stereocenters. The topological polar surface area (TPSA) is 99.1 Å². The summed E-state index contributed by atoms with van der Waals surface area (Å²) in [4.78, 5) is 24.5. The number of hydrogen-bond acceptors (Lipinski definition) is 5. The number of nitro groups is 1. The molecule has 0 saturated carbocycles. The van der Waals surface area contributed by atoms with Gasteiger partial charge in [-0.2, -0.15) is 9.78 Å². The molecule has 0 aromatic carbocycles. The fourth-order valence-corrected chi connectivity index (χ4v) is 2.93. The molecule has 1 unspecified atom stereocenters. The second-order valence-electron chi connectivity index (χ2n) is 5.96. The molecule has 0 N–H and O–H groups in total. The third-order valence-electron chi connectivity index (χ3n) is 3.90. The van der Waals surface area contributed by atoms with Crippen LogP contribution in [0, 0.1) is 23.0 Å². The second-order valence-corrected chi connectivity index (χ2v) is 6.81. The first-order valence-electron chi connectivity index (χ1n) is 7.88. The molecule has 0 saturated heterocycles. The maximum absolute atomic E-state index is 12.6. The average molecular weight is 413 g/mol. The van der Waals surface area contributed by atoms with E-state index >= 15 is 0 Å². The first kappa shape index (κ1) is 19.1. The molecule has 0 aliphatic heterocycles. The molecule has 25 heavy (non-hydrogen) atoms. The van der Waals surface area contributed by atoms with Crippen LogP contribution >= 0.6 is 15.9 Å². The maximum atomic E-state index is 12.6. The molecule has 2 aromatic rings. The van der Waals surface area contributed by atoms with Crippen LogP contribution in [-0.4, -0.2) is 42.3 Å². The summed E-state index contributed by atoms with van der Waals surface area (Å²) >= 11 is 3.45. The van der Waals surface area contributed by atoms with E-state index in [0.29, 0.717) is 12.2 Å². The van der Waals surface area contributed by atoms with Crippen molar-refractivity contribution >= 4 is 27.7 Å². The minimum Gasteiger partial charge on any atom is -0.358 e. The fourth-order valence-electron chi connectivity index (χ4n) is 2.49. The number of carbonyl (C=O) groups excluding carboxylic acids is 1. The van der Waals surface area contributed by atoms with Crippen molar-refractivity contribution in [3.05, 3.63) is 38.2 Å². The lowest BCUT2D eigenvalue weighted by atomic mass is 10.1. The molecule has 2 rings (SSSR count). The lowest BCUT2D eigenvalue weighted by Crippen LogP contribution is -2.33. The fraction of sp³-hybridized carbons (Fsp3) is 0.533. The van der Waals surface area contributed by atoms with Gasteiger partial charge in [-0.1, -0.05) is 6.92 Å². The van der Waals surface area contributed by atoms with E-state index in [0.717, 1.165) is 16.7 Å². The largest absolute Gasteiger partial charge is 0.390 e. The van der Waals surface area contributed by atoms with E-state index in [1.807, 2.05) is 13.1 Å². The molecular formula is C15H21BrN6O3. The van der Waals surface area contributed by atoms with Gasteiger partial charge in [0, 0.05) is 19.8 Å². The highest BCUT2D eigenvalue weighted by atomic mass is 79.9. The Kier molecular flexibility index (Phi) is 5.93. The van der Waals surface area contributed by atoms with E-state index in [-0.39, 0.29) is 24.2 Å². The van der Waals surface area contributed by atoms with Crippen molar-refractivity contribution in [2.24, 2.45) is 5.92 Å². The number of halogens is 1. The molecule has 0 aliphatic rings. The summed E-state index contributed by atoms with van der Waals surface area (Å²) in [6.45, 7) is 6.93. The van der Waals surface area contributed by atoms with Gasteiger partial charge in [0.25, 0.3) is 0 Å². The zero-order chi connectivity index (χ0) is 18.7. The smallest absolute Gasteiger partial charge is 0.358 e. The van der Waals surface area contributed by atoms with Gasteiger partial charge in [-0.25, -0.2) is 0 Å². The van der Waals surface area contributed by atoms with E-state index in [1.54, 1.807) is 30.5 Å². The van der Waals surface area contributed by atoms with E-state index in [9.17, 15) is 14.9 Å². The highest BCUT2D eigenvalue weighted by molar-refractivity contribution is 9.10. The molecule has 1 amide bonds. The van der Waals surface area contributed by atoms with Gasteiger partial charge >= 0.3 is 5.82 Å². The van der Waals surface area contributed by atoms with Crippen LogP contribution in [0.15, 0.2) is 16.7 Å². The molecule has 9 nitrogen and oxygen atoms in total. The van der Waals surface area contributed by atoms with Crippen molar-refractivity contribution in [2.75, 3.05) is 7.05 Å². The molecule has 136 valence electrons. The number of amides is 1. The van der Waals surface area contributed by atoms with E-state index < -0.39 is 4.92 Å². The molecule has 0 bridgehead atoms. The van der Waals surface area contributed by atoms with E-state index in [2.05, 4.69) is 26.1 Å². The Morgan fingerprint density at radius 1 is 1.48 bits per heavy atom. The Bertz CT molecular complexity index is 784. The van der Waals surface area contributed by atoms with Gasteiger partial charge in [0.1, 0.15) is 0 Å². The van der Waals surface area contributed by atoms with Gasteiger partial charge in [0.05, 0.1) is 46.0 Å². The first-order valence-corrected chi connectivity index (χ1v) is 8.67. The van der Waals surface area contributed by atoms with Crippen molar-refractivity contribution < 1.29 is 9.72 Å². The summed E-state index contributed by atoms with van der Waals surface area (Å²) in [5.74, 6) is -0.648. The Morgan fingerprint density at radius 2 is 2.16 bits per heavy atom. The SMILES string of the molecule is CCn1cc(Br)c(CN(C)C(=O)C(C)Cn2nc([N+](=O)[O-])cc2C)n1. The number of hydrogen-bond donors (Lipinski definition) is 0. The van der Waals surface area contributed by atoms with Crippen molar-refractivity contribution in [1.82, 2.24) is 24.5 Å². The van der Waals surface area contributed by atoms with Gasteiger partial charge in [-0.05, 0) is 34.7 Å². The van der Waals surface area contributed by atoms with Gasteiger partial charge < -0.3 is 15.0 Å². The van der Waals surface area contributed by atoms with Crippen LogP contribution in [-0.2, 0) is 24.4 Å².